The minimum Gasteiger partial charge on any atom is -0.379 e. The van der Waals surface area contributed by atoms with E-state index in [0.29, 0.717) is 45.4 Å². The van der Waals surface area contributed by atoms with Crippen LogP contribution in [0.3, 0.4) is 0 Å². The molecule has 0 spiro atoms. The Hall–Kier alpha value is -0.740. The van der Waals surface area contributed by atoms with E-state index >= 15 is 0 Å². The van der Waals surface area contributed by atoms with Crippen molar-refractivity contribution in [2.75, 3.05) is 59.0 Å². The maximum absolute atomic E-state index is 12.8. The molecule has 150 valence electrons. The zero-order valence-electron chi connectivity index (χ0n) is 15.7. The summed E-state index contributed by atoms with van der Waals surface area (Å²) < 4.78 is 33.8. The Labute approximate surface area is 157 Å². The first-order valence-corrected chi connectivity index (χ1v) is 11.3. The fraction of sp³-hybridized carbons (Fsp3) is 0.941. The number of nitrogens with zero attached hydrogens (tertiary/aromatic N) is 3. The number of rotatable bonds is 6. The molecule has 1 amide bonds. The summed E-state index contributed by atoms with van der Waals surface area (Å²) in [4.78, 5) is 15.0. The molecule has 9 heteroatoms. The molecular weight excluding hydrogens is 356 g/mol. The maximum atomic E-state index is 12.8. The SMILES string of the molecule is CCN1CCCC1CNC(=O)C1CCCN(S(=O)(=O)N2CCOCC2)C1. The molecule has 3 rings (SSSR count). The molecule has 0 saturated carbocycles. The van der Waals surface area contributed by atoms with Crippen molar-refractivity contribution in [2.45, 2.75) is 38.6 Å². The number of piperidine rings is 1. The molecule has 0 aromatic rings. The van der Waals surface area contributed by atoms with Gasteiger partial charge < -0.3 is 10.1 Å². The molecule has 8 nitrogen and oxygen atoms in total. The van der Waals surface area contributed by atoms with Crippen molar-refractivity contribution in [1.29, 1.82) is 0 Å². The first kappa shape index (κ1) is 20.0. The summed E-state index contributed by atoms with van der Waals surface area (Å²) in [6, 6.07) is 0.417. The van der Waals surface area contributed by atoms with Gasteiger partial charge in [-0.05, 0) is 38.8 Å². The summed E-state index contributed by atoms with van der Waals surface area (Å²) in [5.74, 6) is -0.258. The number of likely N-dealkylation sites (N-methyl/N-ethyl adjacent to an activating group) is 1. The zero-order valence-corrected chi connectivity index (χ0v) is 16.5. The van der Waals surface area contributed by atoms with Gasteiger partial charge in [-0.25, -0.2) is 0 Å². The van der Waals surface area contributed by atoms with Gasteiger partial charge in [0.25, 0.3) is 10.2 Å². The van der Waals surface area contributed by atoms with Crippen molar-refractivity contribution < 1.29 is 17.9 Å². The summed E-state index contributed by atoms with van der Waals surface area (Å²) in [5.41, 5.74) is 0. The third-order valence-electron chi connectivity index (χ3n) is 5.79. The number of ether oxygens (including phenoxy) is 1. The van der Waals surface area contributed by atoms with Crippen molar-refractivity contribution in [3.63, 3.8) is 0 Å². The predicted octanol–water partition coefficient (Wildman–Crippen LogP) is -0.124. The second-order valence-corrected chi connectivity index (χ2v) is 9.31. The van der Waals surface area contributed by atoms with Crippen LogP contribution in [0.4, 0.5) is 0 Å². The Bertz CT molecular complexity index is 579. The van der Waals surface area contributed by atoms with E-state index in [4.69, 9.17) is 4.74 Å². The third-order valence-corrected chi connectivity index (χ3v) is 7.80. The number of carbonyl (C=O) groups is 1. The van der Waals surface area contributed by atoms with Crippen LogP contribution >= 0.6 is 0 Å². The van der Waals surface area contributed by atoms with E-state index in [0.717, 1.165) is 32.4 Å². The summed E-state index contributed by atoms with van der Waals surface area (Å²) in [6.45, 7) is 7.37. The molecule has 0 aromatic carbocycles. The predicted molar refractivity (Wildman–Crippen MR) is 98.9 cm³/mol. The summed E-state index contributed by atoms with van der Waals surface area (Å²) in [5, 5.41) is 3.07. The van der Waals surface area contributed by atoms with Gasteiger partial charge in [-0.1, -0.05) is 6.92 Å². The lowest BCUT2D eigenvalue weighted by Crippen LogP contribution is -2.53. The number of morpholine rings is 1. The van der Waals surface area contributed by atoms with Crippen LogP contribution in [0.1, 0.15) is 32.6 Å². The van der Waals surface area contributed by atoms with E-state index in [1.54, 1.807) is 0 Å². The second-order valence-electron chi connectivity index (χ2n) is 7.39. The molecule has 3 aliphatic heterocycles. The van der Waals surface area contributed by atoms with Crippen LogP contribution < -0.4 is 5.32 Å². The molecule has 3 saturated heterocycles. The molecule has 0 radical (unpaired) electrons. The van der Waals surface area contributed by atoms with Crippen molar-refractivity contribution in [2.24, 2.45) is 5.92 Å². The highest BCUT2D eigenvalue weighted by Gasteiger charge is 2.36. The third kappa shape index (κ3) is 4.56. The number of hydrogen-bond donors (Lipinski definition) is 1. The van der Waals surface area contributed by atoms with E-state index in [1.807, 2.05) is 0 Å². The lowest BCUT2D eigenvalue weighted by Gasteiger charge is -2.36. The second kappa shape index (κ2) is 8.97. The largest absolute Gasteiger partial charge is 0.379 e. The van der Waals surface area contributed by atoms with Crippen molar-refractivity contribution in [1.82, 2.24) is 18.8 Å². The molecule has 1 N–H and O–H groups in total. The van der Waals surface area contributed by atoms with Crippen LogP contribution in [0.25, 0.3) is 0 Å². The van der Waals surface area contributed by atoms with Gasteiger partial charge in [0.2, 0.25) is 5.91 Å². The number of carbonyl (C=O) groups excluding carboxylic acids is 1. The average Bonchev–Trinajstić information content (AvgIpc) is 3.14. The highest BCUT2D eigenvalue weighted by atomic mass is 32.2. The summed E-state index contributed by atoms with van der Waals surface area (Å²) in [7, 11) is -3.50. The molecule has 0 aliphatic carbocycles. The van der Waals surface area contributed by atoms with Gasteiger partial charge in [0.15, 0.2) is 0 Å². The molecule has 0 aromatic heterocycles. The van der Waals surface area contributed by atoms with Gasteiger partial charge in [-0.15, -0.1) is 0 Å². The maximum Gasteiger partial charge on any atom is 0.282 e. The van der Waals surface area contributed by atoms with Gasteiger partial charge in [-0.3, -0.25) is 9.69 Å². The molecule has 26 heavy (non-hydrogen) atoms. The molecule has 2 atom stereocenters. The molecular formula is C17H32N4O4S. The molecule has 3 fully saturated rings. The van der Waals surface area contributed by atoms with Gasteiger partial charge in [0.05, 0.1) is 19.1 Å². The Balaban J connectivity index is 1.53. The molecule has 3 aliphatic rings. The van der Waals surface area contributed by atoms with Gasteiger partial charge in [0, 0.05) is 38.8 Å². The molecule has 3 heterocycles. The highest BCUT2D eigenvalue weighted by Crippen LogP contribution is 2.22. The van der Waals surface area contributed by atoms with Crippen molar-refractivity contribution in [3.8, 4) is 0 Å². The van der Waals surface area contributed by atoms with Gasteiger partial charge in [0.1, 0.15) is 0 Å². The highest BCUT2D eigenvalue weighted by molar-refractivity contribution is 7.86. The lowest BCUT2D eigenvalue weighted by molar-refractivity contribution is -0.126. The van der Waals surface area contributed by atoms with E-state index in [9.17, 15) is 13.2 Å². The van der Waals surface area contributed by atoms with Crippen LogP contribution in [0.2, 0.25) is 0 Å². The van der Waals surface area contributed by atoms with Crippen molar-refractivity contribution in [3.05, 3.63) is 0 Å². The number of amides is 1. The standard InChI is InChI=1S/C17H32N4O4S/c1-2-19-7-4-6-16(19)13-18-17(22)15-5-3-8-21(14-15)26(23,24)20-9-11-25-12-10-20/h15-16H,2-14H2,1H3,(H,18,22). The summed E-state index contributed by atoms with van der Waals surface area (Å²) in [6.07, 6.45) is 3.79. The quantitative estimate of drug-likeness (QED) is 0.686. The average molecular weight is 389 g/mol. The van der Waals surface area contributed by atoms with Crippen LogP contribution in [-0.2, 0) is 19.7 Å². The zero-order chi connectivity index (χ0) is 18.6. The van der Waals surface area contributed by atoms with Crippen LogP contribution in [0.5, 0.6) is 0 Å². The first-order valence-electron chi connectivity index (χ1n) is 9.87. The summed E-state index contributed by atoms with van der Waals surface area (Å²) >= 11 is 0. The number of hydrogen-bond acceptors (Lipinski definition) is 5. The Morgan fingerprint density at radius 1 is 1.08 bits per heavy atom. The van der Waals surface area contributed by atoms with Crippen LogP contribution in [-0.4, -0.2) is 92.9 Å². The fourth-order valence-electron chi connectivity index (χ4n) is 4.21. The van der Waals surface area contributed by atoms with E-state index < -0.39 is 10.2 Å². The van der Waals surface area contributed by atoms with E-state index in [2.05, 4.69) is 17.1 Å². The Kier molecular flexibility index (Phi) is 6.90. The Morgan fingerprint density at radius 2 is 1.81 bits per heavy atom. The van der Waals surface area contributed by atoms with Crippen molar-refractivity contribution >= 4 is 16.1 Å². The van der Waals surface area contributed by atoms with Gasteiger partial charge >= 0.3 is 0 Å². The van der Waals surface area contributed by atoms with Gasteiger partial charge in [-0.2, -0.15) is 17.0 Å². The fourth-order valence-corrected chi connectivity index (χ4v) is 5.88. The van der Waals surface area contributed by atoms with E-state index in [1.165, 1.54) is 15.0 Å². The first-order chi connectivity index (χ1) is 12.5. The van der Waals surface area contributed by atoms with E-state index in [-0.39, 0.29) is 18.4 Å². The normalized spacial score (nSPS) is 29.7. The number of nitrogens with one attached hydrogen (secondary N) is 1. The topological polar surface area (TPSA) is 82.2 Å². The van der Waals surface area contributed by atoms with Crippen LogP contribution in [0, 0.1) is 5.92 Å². The monoisotopic (exact) mass is 388 g/mol. The lowest BCUT2D eigenvalue weighted by atomic mass is 9.98. The number of likely N-dealkylation sites (tertiary alicyclic amines) is 1. The van der Waals surface area contributed by atoms with Crippen LogP contribution in [0.15, 0.2) is 0 Å². The molecule has 2 unspecified atom stereocenters. The Morgan fingerprint density at radius 3 is 2.54 bits per heavy atom. The minimum absolute atomic E-state index is 0.00479. The molecule has 0 bridgehead atoms. The minimum atomic E-state index is -3.50. The smallest absolute Gasteiger partial charge is 0.282 e.